The first-order valence-corrected chi connectivity index (χ1v) is 5.00. The molecule has 1 aromatic heterocycles. The quantitative estimate of drug-likeness (QED) is 0.583. The van der Waals surface area contributed by atoms with E-state index >= 15 is 0 Å². The Hall–Kier alpha value is -1.39. The summed E-state index contributed by atoms with van der Waals surface area (Å²) in [6.45, 7) is -0.203. The molecular weight excluding hydrogens is 198 g/mol. The van der Waals surface area contributed by atoms with E-state index in [-0.39, 0.29) is 6.61 Å². The van der Waals surface area contributed by atoms with Crippen LogP contribution in [0.5, 0.6) is 0 Å². The van der Waals surface area contributed by atoms with Gasteiger partial charge in [-0.05, 0) is 17.5 Å². The summed E-state index contributed by atoms with van der Waals surface area (Å²) in [7, 11) is 0. The summed E-state index contributed by atoms with van der Waals surface area (Å²) in [5.41, 5.74) is 7.22. The van der Waals surface area contributed by atoms with Crippen molar-refractivity contribution < 1.29 is 9.90 Å². The normalized spacial score (nSPS) is 10.6. The molecule has 0 radical (unpaired) electrons. The molecule has 4 heteroatoms. The van der Waals surface area contributed by atoms with E-state index in [1.165, 1.54) is 11.3 Å². The average Bonchev–Trinajstić information content (AvgIpc) is 2.62. The Morgan fingerprint density at radius 3 is 3.00 bits per heavy atom. The lowest BCUT2D eigenvalue weighted by atomic mass is 10.0. The predicted molar refractivity (Wildman–Crippen MR) is 57.5 cm³/mol. The third-order valence-electron chi connectivity index (χ3n) is 2.22. The van der Waals surface area contributed by atoms with Gasteiger partial charge in [0, 0.05) is 26.9 Å². The molecule has 0 amide bonds. The van der Waals surface area contributed by atoms with Crippen LogP contribution in [-0.2, 0) is 6.61 Å². The van der Waals surface area contributed by atoms with E-state index in [0.29, 0.717) is 16.8 Å². The van der Waals surface area contributed by atoms with Gasteiger partial charge in [0.05, 0.1) is 6.61 Å². The summed E-state index contributed by atoms with van der Waals surface area (Å²) in [6, 6.07) is 3.65. The molecule has 0 saturated heterocycles. The third-order valence-corrected chi connectivity index (χ3v) is 3.09. The zero-order valence-electron chi connectivity index (χ0n) is 7.36. The first-order chi connectivity index (χ1) is 6.77. The lowest BCUT2D eigenvalue weighted by Crippen LogP contribution is -1.99. The molecule has 0 bridgehead atoms. The van der Waals surface area contributed by atoms with Crippen molar-refractivity contribution in [2.24, 2.45) is 0 Å². The second-order valence-corrected chi connectivity index (χ2v) is 3.91. The number of hydrogen-bond donors (Lipinski definition) is 2. The lowest BCUT2D eigenvalue weighted by molar-refractivity contribution is 0.112. The Balaban J connectivity index is 2.88. The molecule has 0 spiro atoms. The largest absolute Gasteiger partial charge is 0.398 e. The standard InChI is InChI=1S/C10H9NO2S/c11-9-3-10-6(1-2-14-10)7(4-12)8(9)5-13/h1-4,13H,5,11H2. The van der Waals surface area contributed by atoms with Crippen LogP contribution in [0.15, 0.2) is 17.5 Å². The minimum Gasteiger partial charge on any atom is -0.398 e. The van der Waals surface area contributed by atoms with Crippen LogP contribution in [0.2, 0.25) is 0 Å². The van der Waals surface area contributed by atoms with Gasteiger partial charge in [-0.1, -0.05) is 0 Å². The first kappa shape index (κ1) is 9.18. The predicted octanol–water partition coefficient (Wildman–Crippen LogP) is 1.79. The molecule has 0 aliphatic carbocycles. The zero-order chi connectivity index (χ0) is 10.1. The van der Waals surface area contributed by atoms with Crippen LogP contribution in [0.25, 0.3) is 10.1 Å². The zero-order valence-corrected chi connectivity index (χ0v) is 8.17. The molecule has 0 fully saturated rings. The van der Waals surface area contributed by atoms with Gasteiger partial charge in [-0.2, -0.15) is 0 Å². The van der Waals surface area contributed by atoms with Gasteiger partial charge in [-0.15, -0.1) is 11.3 Å². The van der Waals surface area contributed by atoms with Gasteiger partial charge >= 0.3 is 0 Å². The second-order valence-electron chi connectivity index (χ2n) is 2.97. The summed E-state index contributed by atoms with van der Waals surface area (Å²) in [5.74, 6) is 0. The fraction of sp³-hybridized carbons (Fsp3) is 0.100. The van der Waals surface area contributed by atoms with Crippen molar-refractivity contribution in [1.82, 2.24) is 0 Å². The van der Waals surface area contributed by atoms with E-state index in [4.69, 9.17) is 10.8 Å². The molecule has 0 aliphatic rings. The fourth-order valence-electron chi connectivity index (χ4n) is 1.51. The maximum Gasteiger partial charge on any atom is 0.151 e. The number of aliphatic hydroxyl groups is 1. The molecule has 0 aliphatic heterocycles. The molecule has 0 unspecified atom stereocenters. The number of thiophene rings is 1. The van der Waals surface area contributed by atoms with Crippen molar-refractivity contribution in [1.29, 1.82) is 0 Å². The number of anilines is 1. The van der Waals surface area contributed by atoms with E-state index < -0.39 is 0 Å². The lowest BCUT2D eigenvalue weighted by Gasteiger charge is -2.06. The fourth-order valence-corrected chi connectivity index (χ4v) is 2.36. The van der Waals surface area contributed by atoms with Crippen LogP contribution < -0.4 is 5.73 Å². The number of rotatable bonds is 2. The minimum atomic E-state index is -0.203. The maximum absolute atomic E-state index is 10.9. The van der Waals surface area contributed by atoms with E-state index in [2.05, 4.69) is 0 Å². The molecule has 72 valence electrons. The molecule has 3 N–H and O–H groups in total. The molecular formula is C10H9NO2S. The number of aliphatic hydroxyl groups excluding tert-OH is 1. The molecule has 0 atom stereocenters. The van der Waals surface area contributed by atoms with E-state index in [1.807, 2.05) is 11.4 Å². The van der Waals surface area contributed by atoms with E-state index in [1.54, 1.807) is 6.07 Å². The van der Waals surface area contributed by atoms with E-state index in [9.17, 15) is 4.79 Å². The number of nitrogens with two attached hydrogens (primary N) is 1. The van der Waals surface area contributed by atoms with Crippen LogP contribution in [0, 0.1) is 0 Å². The highest BCUT2D eigenvalue weighted by Crippen LogP contribution is 2.30. The summed E-state index contributed by atoms with van der Waals surface area (Å²) < 4.78 is 0.974. The number of fused-ring (bicyclic) bond motifs is 1. The highest BCUT2D eigenvalue weighted by atomic mass is 32.1. The minimum absolute atomic E-state index is 0.203. The van der Waals surface area contributed by atoms with Crippen molar-refractivity contribution >= 4 is 33.4 Å². The third kappa shape index (κ3) is 1.20. The summed E-state index contributed by atoms with van der Waals surface area (Å²) in [5, 5.41) is 11.9. The van der Waals surface area contributed by atoms with Crippen molar-refractivity contribution in [3.63, 3.8) is 0 Å². The molecule has 2 rings (SSSR count). The Labute approximate surface area is 84.8 Å². The highest BCUT2D eigenvalue weighted by molar-refractivity contribution is 7.17. The van der Waals surface area contributed by atoms with Gasteiger partial charge in [-0.25, -0.2) is 0 Å². The number of benzene rings is 1. The first-order valence-electron chi connectivity index (χ1n) is 4.12. The summed E-state index contributed by atoms with van der Waals surface area (Å²) >= 11 is 1.53. The van der Waals surface area contributed by atoms with Crippen LogP contribution >= 0.6 is 11.3 Å². The van der Waals surface area contributed by atoms with Gasteiger partial charge < -0.3 is 10.8 Å². The van der Waals surface area contributed by atoms with Gasteiger partial charge in [-0.3, -0.25) is 4.79 Å². The Bertz CT molecular complexity index is 490. The number of aldehydes is 1. The molecule has 0 saturated carbocycles. The highest BCUT2D eigenvalue weighted by Gasteiger charge is 2.10. The van der Waals surface area contributed by atoms with Crippen LogP contribution in [-0.4, -0.2) is 11.4 Å². The Morgan fingerprint density at radius 1 is 1.57 bits per heavy atom. The van der Waals surface area contributed by atoms with Crippen molar-refractivity contribution in [2.75, 3.05) is 5.73 Å². The van der Waals surface area contributed by atoms with Gasteiger partial charge in [0.1, 0.15) is 0 Å². The number of nitrogen functional groups attached to an aromatic ring is 1. The number of carbonyl (C=O) groups excluding carboxylic acids is 1. The molecule has 1 heterocycles. The van der Waals surface area contributed by atoms with Crippen LogP contribution in [0.3, 0.4) is 0 Å². The van der Waals surface area contributed by atoms with Crippen molar-refractivity contribution in [3.8, 4) is 0 Å². The SMILES string of the molecule is Nc1cc2sccc2c(C=O)c1CO. The van der Waals surface area contributed by atoms with Crippen molar-refractivity contribution in [2.45, 2.75) is 6.61 Å². The van der Waals surface area contributed by atoms with Gasteiger partial charge in [0.25, 0.3) is 0 Å². The number of hydrogen-bond acceptors (Lipinski definition) is 4. The molecule has 3 nitrogen and oxygen atoms in total. The maximum atomic E-state index is 10.9. The topological polar surface area (TPSA) is 63.3 Å². The Morgan fingerprint density at radius 2 is 2.36 bits per heavy atom. The van der Waals surface area contributed by atoms with Gasteiger partial charge in [0.15, 0.2) is 6.29 Å². The van der Waals surface area contributed by atoms with E-state index in [0.717, 1.165) is 16.4 Å². The molecule has 1 aromatic carbocycles. The van der Waals surface area contributed by atoms with Crippen LogP contribution in [0.4, 0.5) is 5.69 Å². The van der Waals surface area contributed by atoms with Crippen LogP contribution in [0.1, 0.15) is 15.9 Å². The summed E-state index contributed by atoms with van der Waals surface area (Å²) in [6.07, 6.45) is 0.747. The Kier molecular flexibility index (Phi) is 2.23. The molecule has 2 aromatic rings. The number of carbonyl (C=O) groups is 1. The summed E-state index contributed by atoms with van der Waals surface area (Å²) in [4.78, 5) is 10.9. The van der Waals surface area contributed by atoms with Crippen molar-refractivity contribution in [3.05, 3.63) is 28.6 Å². The van der Waals surface area contributed by atoms with Gasteiger partial charge in [0.2, 0.25) is 0 Å². The monoisotopic (exact) mass is 207 g/mol. The smallest absolute Gasteiger partial charge is 0.151 e. The average molecular weight is 207 g/mol. The molecule has 14 heavy (non-hydrogen) atoms. The second kappa shape index (κ2) is 3.40.